The maximum atomic E-state index is 13.3. The molecule has 1 fully saturated rings. The fraction of sp³-hybridized carbons (Fsp3) is 0.652. The molecule has 1 unspecified atom stereocenters. The summed E-state index contributed by atoms with van der Waals surface area (Å²) in [5.41, 5.74) is -2.64. The van der Waals surface area contributed by atoms with Gasteiger partial charge in [0.1, 0.15) is 12.3 Å². The lowest BCUT2D eigenvalue weighted by Gasteiger charge is -2.21. The molecule has 0 bridgehead atoms. The van der Waals surface area contributed by atoms with E-state index >= 15 is 0 Å². The highest BCUT2D eigenvalue weighted by atomic mass is 31.2. The number of hydrogen-bond donors (Lipinski definition) is 2. The summed E-state index contributed by atoms with van der Waals surface area (Å²) in [6.07, 6.45) is -0.514. The number of carbonyl (C=O) groups excluding carboxylic acids is 2. The van der Waals surface area contributed by atoms with Crippen LogP contribution in [0.4, 0.5) is 0 Å². The molecular formula is C23H35N2O11P. The summed E-state index contributed by atoms with van der Waals surface area (Å²) in [5.74, 6) is -0.234. The van der Waals surface area contributed by atoms with E-state index in [1.807, 2.05) is 0 Å². The molecule has 0 amide bonds. The largest absolute Gasteiger partial charge is 0.438 e. The van der Waals surface area contributed by atoms with Gasteiger partial charge in [0, 0.05) is 24.0 Å². The Morgan fingerprint density at radius 3 is 2.11 bits per heavy atom. The Labute approximate surface area is 214 Å². The van der Waals surface area contributed by atoms with Crippen LogP contribution in [0.3, 0.4) is 0 Å². The summed E-state index contributed by atoms with van der Waals surface area (Å²) in [7, 11) is -4.17. The summed E-state index contributed by atoms with van der Waals surface area (Å²) >= 11 is 0. The van der Waals surface area contributed by atoms with Gasteiger partial charge in [-0.2, -0.15) is 0 Å². The molecule has 0 aromatic carbocycles. The molecule has 0 spiro atoms. The number of esters is 2. The number of nitrogens with one attached hydrogen (secondary N) is 1. The van der Waals surface area contributed by atoms with Crippen LogP contribution in [0.5, 0.6) is 0 Å². The summed E-state index contributed by atoms with van der Waals surface area (Å²) in [5, 5.41) is 10.4. The highest BCUT2D eigenvalue weighted by molar-refractivity contribution is 7.57. The zero-order valence-electron chi connectivity index (χ0n) is 22.0. The fourth-order valence-electron chi connectivity index (χ4n) is 2.87. The molecule has 13 nitrogen and oxygen atoms in total. The van der Waals surface area contributed by atoms with E-state index in [9.17, 15) is 28.8 Å². The number of rotatable bonds is 9. The van der Waals surface area contributed by atoms with Gasteiger partial charge in [-0.05, 0) is 54.5 Å². The zero-order valence-corrected chi connectivity index (χ0v) is 22.9. The van der Waals surface area contributed by atoms with Gasteiger partial charge in [-0.25, -0.2) is 4.79 Å². The summed E-state index contributed by atoms with van der Waals surface area (Å²) < 4.78 is 40.5. The number of H-pyrrole nitrogens is 1. The molecule has 0 aliphatic carbocycles. The van der Waals surface area contributed by atoms with E-state index < -0.39 is 73.6 Å². The van der Waals surface area contributed by atoms with Crippen LogP contribution in [-0.2, 0) is 37.4 Å². The Hall–Kier alpha value is -2.57. The maximum absolute atomic E-state index is 13.3. The fourth-order valence-corrected chi connectivity index (χ4v) is 3.90. The molecule has 0 saturated carbocycles. The first-order valence-corrected chi connectivity index (χ1v) is 13.1. The van der Waals surface area contributed by atoms with Gasteiger partial charge in [0.2, 0.25) is 13.6 Å². The van der Waals surface area contributed by atoms with Crippen molar-refractivity contribution in [2.75, 3.05) is 13.6 Å². The van der Waals surface area contributed by atoms with Crippen LogP contribution in [0.15, 0.2) is 27.7 Å². The van der Waals surface area contributed by atoms with E-state index in [1.54, 1.807) is 41.5 Å². The number of aliphatic hydroxyl groups is 1. The van der Waals surface area contributed by atoms with Crippen molar-refractivity contribution < 1.29 is 42.5 Å². The third kappa shape index (κ3) is 8.75. The van der Waals surface area contributed by atoms with E-state index in [4.69, 9.17) is 23.3 Å². The molecule has 1 aliphatic rings. The Morgan fingerprint density at radius 1 is 1.11 bits per heavy atom. The van der Waals surface area contributed by atoms with Gasteiger partial charge >= 0.3 is 25.2 Å². The van der Waals surface area contributed by atoms with Gasteiger partial charge < -0.3 is 19.3 Å². The van der Waals surface area contributed by atoms with Crippen LogP contribution in [0, 0.1) is 17.8 Å². The molecule has 1 aromatic rings. The lowest BCUT2D eigenvalue weighted by atomic mass is 9.98. The molecule has 1 aromatic heterocycles. The molecule has 14 heteroatoms. The molecule has 3 atom stereocenters. The minimum absolute atomic E-state index is 0.00119. The zero-order chi connectivity index (χ0) is 28.2. The Morgan fingerprint density at radius 2 is 1.62 bits per heavy atom. The molecule has 2 rings (SSSR count). The number of aromatic nitrogens is 2. The molecule has 0 radical (unpaired) electrons. The minimum Gasteiger partial charge on any atom is -0.438 e. The number of aromatic amines is 1. The van der Waals surface area contributed by atoms with E-state index in [0.717, 1.165) is 10.4 Å². The highest BCUT2D eigenvalue weighted by Gasteiger charge is 2.35. The van der Waals surface area contributed by atoms with Gasteiger partial charge in [-0.15, -0.1) is 0 Å². The smallest absolute Gasteiger partial charge is 0.359 e. The second-order valence-electron chi connectivity index (χ2n) is 10.6. The lowest BCUT2D eigenvalue weighted by molar-refractivity contribution is -0.161. The first kappa shape index (κ1) is 30.7. The molecule has 1 aliphatic heterocycles. The van der Waals surface area contributed by atoms with Crippen LogP contribution in [-0.4, -0.2) is 52.4 Å². The Bertz CT molecular complexity index is 1140. The second-order valence-corrected chi connectivity index (χ2v) is 12.5. The molecule has 208 valence electrons. The SMILES string of the molecule is Cc1cn([C@H]2CC(O)[C@@H](/C=C/P(=O)(OCOC(=O)C(C)(C)C)OCOC(=O)C(C)(C)C)O2)c(=O)[nH]c1=O. The first-order chi connectivity index (χ1) is 16.9. The van der Waals surface area contributed by atoms with Gasteiger partial charge in [0.15, 0.2) is 0 Å². The van der Waals surface area contributed by atoms with Crippen LogP contribution in [0.25, 0.3) is 0 Å². The van der Waals surface area contributed by atoms with Crippen LogP contribution >= 0.6 is 7.60 Å². The quantitative estimate of drug-likeness (QED) is 0.264. The topological polar surface area (TPSA) is 172 Å². The van der Waals surface area contributed by atoms with E-state index in [0.29, 0.717) is 0 Å². The van der Waals surface area contributed by atoms with Crippen molar-refractivity contribution in [2.45, 2.75) is 73.3 Å². The highest BCUT2D eigenvalue weighted by Crippen LogP contribution is 2.50. The third-order valence-electron chi connectivity index (χ3n) is 5.12. The molecule has 1 saturated heterocycles. The Balaban J connectivity index is 2.15. The van der Waals surface area contributed by atoms with Gasteiger partial charge in [0.25, 0.3) is 5.56 Å². The standard InChI is InChI=1S/C23H35N2O11P/c1-14-11-25(21(30)24-18(14)27)17-10-15(26)16(36-17)8-9-37(31,34-12-32-19(28)22(2,3)4)35-13-33-20(29)23(5,6)7/h8-9,11,15-17,26H,10,12-13H2,1-7H3,(H,24,27,30)/b9-8+/t15?,16-,17-/m1/s1. The number of carbonyl (C=O) groups is 2. The first-order valence-electron chi connectivity index (χ1n) is 11.5. The van der Waals surface area contributed by atoms with Gasteiger partial charge in [0.05, 0.1) is 16.9 Å². The van der Waals surface area contributed by atoms with Crippen LogP contribution < -0.4 is 11.2 Å². The number of hydrogen-bond acceptors (Lipinski definition) is 11. The number of nitrogens with zero attached hydrogens (tertiary/aromatic N) is 1. The number of aliphatic hydroxyl groups excluding tert-OH is 1. The number of ether oxygens (including phenoxy) is 3. The van der Waals surface area contributed by atoms with Crippen molar-refractivity contribution in [1.82, 2.24) is 9.55 Å². The van der Waals surface area contributed by atoms with Crippen molar-refractivity contribution in [3.63, 3.8) is 0 Å². The van der Waals surface area contributed by atoms with Gasteiger partial charge in [-0.3, -0.25) is 37.5 Å². The average molecular weight is 547 g/mol. The number of aryl methyl sites for hydroxylation is 1. The summed E-state index contributed by atoms with van der Waals surface area (Å²) in [6, 6.07) is 0. The molecular weight excluding hydrogens is 511 g/mol. The second kappa shape index (κ2) is 11.9. The molecule has 2 heterocycles. The van der Waals surface area contributed by atoms with E-state index in [1.165, 1.54) is 19.2 Å². The van der Waals surface area contributed by atoms with Crippen molar-refractivity contribution in [3.05, 3.63) is 44.5 Å². The molecule has 2 N–H and O–H groups in total. The summed E-state index contributed by atoms with van der Waals surface area (Å²) in [4.78, 5) is 49.9. The average Bonchev–Trinajstić information content (AvgIpc) is 3.13. The normalized spacial score (nSPS) is 20.8. The summed E-state index contributed by atoms with van der Waals surface area (Å²) in [6.45, 7) is 9.85. The van der Waals surface area contributed by atoms with E-state index in [2.05, 4.69) is 4.98 Å². The van der Waals surface area contributed by atoms with Gasteiger partial charge in [-0.1, -0.05) is 0 Å². The predicted molar refractivity (Wildman–Crippen MR) is 130 cm³/mol. The van der Waals surface area contributed by atoms with Crippen molar-refractivity contribution in [2.24, 2.45) is 10.8 Å². The van der Waals surface area contributed by atoms with Crippen LogP contribution in [0.1, 0.15) is 59.8 Å². The van der Waals surface area contributed by atoms with Crippen molar-refractivity contribution in [1.29, 1.82) is 0 Å². The monoisotopic (exact) mass is 546 g/mol. The van der Waals surface area contributed by atoms with E-state index in [-0.39, 0.29) is 12.0 Å². The third-order valence-corrected chi connectivity index (χ3v) is 6.59. The predicted octanol–water partition coefficient (Wildman–Crippen LogP) is 2.33. The van der Waals surface area contributed by atoms with Crippen LogP contribution in [0.2, 0.25) is 0 Å². The minimum atomic E-state index is -4.17. The van der Waals surface area contributed by atoms with Crippen molar-refractivity contribution >= 4 is 19.5 Å². The lowest BCUT2D eigenvalue weighted by Crippen LogP contribution is -2.33. The maximum Gasteiger partial charge on any atom is 0.359 e. The Kier molecular flexibility index (Phi) is 9.83. The molecule has 37 heavy (non-hydrogen) atoms. The van der Waals surface area contributed by atoms with Crippen molar-refractivity contribution in [3.8, 4) is 0 Å².